The Balaban J connectivity index is 2.06. The van der Waals surface area contributed by atoms with E-state index in [4.69, 9.17) is 11.5 Å². The number of carbonyl (C=O) groups is 1. The van der Waals surface area contributed by atoms with Crippen LogP contribution in [0.1, 0.15) is 15.2 Å². The number of sulfone groups is 1. The molecule has 3 aromatic rings. The summed E-state index contributed by atoms with van der Waals surface area (Å²) in [4.78, 5) is 17.3. The molecule has 0 fully saturated rings. The predicted octanol–water partition coefficient (Wildman–Crippen LogP) is 2.72. The Labute approximate surface area is 146 Å². The van der Waals surface area contributed by atoms with E-state index in [0.717, 1.165) is 21.6 Å². The standard InChI is InChI=1S/C15H13N3O3S3/c1-24(20,21)3-2-9-4-8(7-22-9)12-5-10-13(23-12)11(15(17)19)6-18-14(10)16/h2-7H,1H3,(H2,16,18)(H2,17,19)/b3-2+. The Morgan fingerprint density at radius 2 is 2.08 bits per heavy atom. The van der Waals surface area contributed by atoms with Gasteiger partial charge in [-0.25, -0.2) is 13.4 Å². The Hall–Kier alpha value is -2.23. The van der Waals surface area contributed by atoms with E-state index < -0.39 is 15.7 Å². The zero-order chi connectivity index (χ0) is 17.5. The number of rotatable bonds is 4. The fourth-order valence-electron chi connectivity index (χ4n) is 2.12. The van der Waals surface area contributed by atoms with Gasteiger partial charge in [0, 0.05) is 38.6 Å². The molecule has 0 aliphatic heterocycles. The number of aromatic nitrogens is 1. The summed E-state index contributed by atoms with van der Waals surface area (Å²) in [5.41, 5.74) is 12.5. The number of fused-ring (bicyclic) bond motifs is 1. The van der Waals surface area contributed by atoms with Crippen LogP contribution in [0.3, 0.4) is 0 Å². The molecule has 24 heavy (non-hydrogen) atoms. The topological polar surface area (TPSA) is 116 Å². The highest BCUT2D eigenvalue weighted by Crippen LogP contribution is 2.39. The predicted molar refractivity (Wildman–Crippen MR) is 99.7 cm³/mol. The average molecular weight is 379 g/mol. The number of nitrogens with zero attached hydrogens (tertiary/aromatic N) is 1. The molecule has 0 unspecified atom stereocenters. The minimum absolute atomic E-state index is 0.336. The quantitative estimate of drug-likeness (QED) is 0.723. The average Bonchev–Trinajstić information content (AvgIpc) is 3.11. The number of hydrogen-bond donors (Lipinski definition) is 2. The van der Waals surface area contributed by atoms with Crippen molar-refractivity contribution in [1.82, 2.24) is 4.98 Å². The van der Waals surface area contributed by atoms with E-state index in [9.17, 15) is 13.2 Å². The number of anilines is 1. The molecule has 124 valence electrons. The van der Waals surface area contributed by atoms with Crippen LogP contribution in [0.25, 0.3) is 26.6 Å². The molecule has 6 nitrogen and oxygen atoms in total. The van der Waals surface area contributed by atoms with Crippen molar-refractivity contribution in [3.8, 4) is 10.4 Å². The molecule has 0 aliphatic carbocycles. The Bertz CT molecular complexity index is 1080. The van der Waals surface area contributed by atoms with Gasteiger partial charge in [0.15, 0.2) is 9.84 Å². The van der Waals surface area contributed by atoms with Crippen molar-refractivity contribution in [2.45, 2.75) is 0 Å². The van der Waals surface area contributed by atoms with Gasteiger partial charge in [-0.3, -0.25) is 4.79 Å². The van der Waals surface area contributed by atoms with Crippen LogP contribution in [0.5, 0.6) is 0 Å². The third-order valence-electron chi connectivity index (χ3n) is 3.23. The summed E-state index contributed by atoms with van der Waals surface area (Å²) in [7, 11) is -3.17. The Morgan fingerprint density at radius 3 is 2.75 bits per heavy atom. The van der Waals surface area contributed by atoms with Gasteiger partial charge in [-0.15, -0.1) is 22.7 Å². The molecule has 3 rings (SSSR count). The molecule has 0 saturated heterocycles. The SMILES string of the molecule is CS(=O)(=O)/C=C/c1cc(-c2cc3c(N)ncc(C(N)=O)c3s2)cs1. The van der Waals surface area contributed by atoms with Gasteiger partial charge in [0.25, 0.3) is 5.91 Å². The molecule has 3 aromatic heterocycles. The van der Waals surface area contributed by atoms with Gasteiger partial charge in [0.1, 0.15) is 5.82 Å². The van der Waals surface area contributed by atoms with Crippen molar-refractivity contribution < 1.29 is 13.2 Å². The summed E-state index contributed by atoms with van der Waals surface area (Å²) in [6.07, 6.45) is 4.08. The smallest absolute Gasteiger partial charge is 0.251 e. The molecular weight excluding hydrogens is 366 g/mol. The third-order valence-corrected chi connectivity index (χ3v) is 5.98. The van der Waals surface area contributed by atoms with Gasteiger partial charge >= 0.3 is 0 Å². The van der Waals surface area contributed by atoms with Crippen LogP contribution >= 0.6 is 22.7 Å². The van der Waals surface area contributed by atoms with E-state index in [0.29, 0.717) is 21.5 Å². The fourth-order valence-corrected chi connectivity index (χ4v) is 4.64. The van der Waals surface area contributed by atoms with Crippen molar-refractivity contribution in [3.63, 3.8) is 0 Å². The first-order valence-corrected chi connectivity index (χ1v) is 10.3. The molecule has 0 aromatic carbocycles. The number of nitrogens with two attached hydrogens (primary N) is 2. The van der Waals surface area contributed by atoms with E-state index >= 15 is 0 Å². The molecule has 0 bridgehead atoms. The maximum atomic E-state index is 11.5. The lowest BCUT2D eigenvalue weighted by atomic mass is 10.2. The lowest BCUT2D eigenvalue weighted by molar-refractivity contribution is 0.100. The van der Waals surface area contributed by atoms with Crippen molar-refractivity contribution in [3.05, 3.63) is 39.6 Å². The molecule has 0 saturated carbocycles. The van der Waals surface area contributed by atoms with Gasteiger partial charge in [-0.1, -0.05) is 0 Å². The summed E-state index contributed by atoms with van der Waals surface area (Å²) in [5, 5.41) is 3.77. The van der Waals surface area contributed by atoms with Gasteiger partial charge in [0.2, 0.25) is 0 Å². The van der Waals surface area contributed by atoms with E-state index in [1.54, 1.807) is 6.08 Å². The summed E-state index contributed by atoms with van der Waals surface area (Å²) in [5.74, 6) is -0.215. The summed E-state index contributed by atoms with van der Waals surface area (Å²) in [6, 6.07) is 3.74. The molecule has 0 spiro atoms. The maximum absolute atomic E-state index is 11.5. The van der Waals surface area contributed by atoms with Crippen molar-refractivity contribution in [1.29, 1.82) is 0 Å². The normalized spacial score (nSPS) is 12.2. The molecule has 0 aliphatic rings. The van der Waals surface area contributed by atoms with Crippen LogP contribution in [0, 0.1) is 0 Å². The van der Waals surface area contributed by atoms with E-state index in [1.807, 2.05) is 17.5 Å². The first kappa shape index (κ1) is 16.6. The molecule has 0 radical (unpaired) electrons. The number of thiophene rings is 2. The summed E-state index contributed by atoms with van der Waals surface area (Å²) in [6.45, 7) is 0. The van der Waals surface area contributed by atoms with Gasteiger partial charge in [0.05, 0.1) is 10.3 Å². The number of hydrogen-bond acceptors (Lipinski definition) is 7. The first-order chi connectivity index (χ1) is 11.2. The van der Waals surface area contributed by atoms with E-state index in [2.05, 4.69) is 4.98 Å². The van der Waals surface area contributed by atoms with Gasteiger partial charge in [-0.05, 0) is 23.6 Å². The Kier molecular flexibility index (Phi) is 4.16. The second-order valence-electron chi connectivity index (χ2n) is 5.14. The molecule has 0 atom stereocenters. The number of nitrogen functional groups attached to an aromatic ring is 1. The summed E-state index contributed by atoms with van der Waals surface area (Å²) < 4.78 is 23.1. The van der Waals surface area contributed by atoms with Crippen LogP contribution in [-0.4, -0.2) is 25.6 Å². The van der Waals surface area contributed by atoms with Crippen molar-refractivity contribution in [2.75, 3.05) is 12.0 Å². The Morgan fingerprint density at radius 1 is 1.33 bits per heavy atom. The minimum Gasteiger partial charge on any atom is -0.383 e. The van der Waals surface area contributed by atoms with Crippen molar-refractivity contribution in [2.24, 2.45) is 5.73 Å². The number of primary amides is 1. The highest BCUT2D eigenvalue weighted by Gasteiger charge is 2.15. The first-order valence-electron chi connectivity index (χ1n) is 6.69. The molecule has 9 heteroatoms. The highest BCUT2D eigenvalue weighted by molar-refractivity contribution is 7.93. The largest absolute Gasteiger partial charge is 0.383 e. The van der Waals surface area contributed by atoms with Crippen LogP contribution < -0.4 is 11.5 Å². The van der Waals surface area contributed by atoms with Crippen LogP contribution in [0.2, 0.25) is 0 Å². The monoisotopic (exact) mass is 379 g/mol. The molecule has 4 N–H and O–H groups in total. The van der Waals surface area contributed by atoms with Crippen molar-refractivity contribution >= 4 is 60.4 Å². The minimum atomic E-state index is -3.17. The molecule has 1 amide bonds. The maximum Gasteiger partial charge on any atom is 0.251 e. The molecular formula is C15H13N3O3S3. The lowest BCUT2D eigenvalue weighted by Gasteiger charge is -1.99. The number of pyridine rings is 1. The highest BCUT2D eigenvalue weighted by atomic mass is 32.2. The van der Waals surface area contributed by atoms with Gasteiger partial charge < -0.3 is 11.5 Å². The van der Waals surface area contributed by atoms with E-state index in [-0.39, 0.29) is 0 Å². The van der Waals surface area contributed by atoms with Gasteiger partial charge in [-0.2, -0.15) is 0 Å². The number of carbonyl (C=O) groups excluding carboxylic acids is 1. The summed E-state index contributed by atoms with van der Waals surface area (Å²) >= 11 is 2.83. The zero-order valence-electron chi connectivity index (χ0n) is 12.5. The third kappa shape index (κ3) is 3.32. The zero-order valence-corrected chi connectivity index (χ0v) is 15.0. The van der Waals surface area contributed by atoms with Crippen LogP contribution in [0.15, 0.2) is 29.1 Å². The van der Waals surface area contributed by atoms with Crippen LogP contribution in [0.4, 0.5) is 5.82 Å². The lowest BCUT2D eigenvalue weighted by Crippen LogP contribution is -2.11. The number of amides is 1. The van der Waals surface area contributed by atoms with E-state index in [1.165, 1.54) is 34.3 Å². The second-order valence-corrected chi connectivity index (χ2v) is 9.07. The fraction of sp³-hybridized carbons (Fsp3) is 0.0667. The van der Waals surface area contributed by atoms with Crippen LogP contribution in [-0.2, 0) is 9.84 Å². The second kappa shape index (κ2) is 6.00. The molecule has 3 heterocycles.